The second-order valence-electron chi connectivity index (χ2n) is 13.1. The van der Waals surface area contributed by atoms with Gasteiger partial charge in [0.25, 0.3) is 5.91 Å². The van der Waals surface area contributed by atoms with Crippen molar-refractivity contribution in [2.24, 2.45) is 5.92 Å². The van der Waals surface area contributed by atoms with Crippen molar-refractivity contribution in [1.82, 2.24) is 15.5 Å². The Morgan fingerprint density at radius 2 is 1.94 bits per heavy atom. The van der Waals surface area contributed by atoms with Crippen LogP contribution in [0.1, 0.15) is 64.8 Å². The number of likely N-dealkylation sites (N-methyl/N-ethyl adjacent to an activating group) is 1. The highest BCUT2D eigenvalue weighted by molar-refractivity contribution is 6.04. The van der Waals surface area contributed by atoms with E-state index in [1.165, 1.54) is 16.2 Å². The number of rotatable bonds is 11. The minimum absolute atomic E-state index is 0.00612. The van der Waals surface area contributed by atoms with Gasteiger partial charge in [-0.3, -0.25) is 19.2 Å². The van der Waals surface area contributed by atoms with E-state index in [4.69, 9.17) is 0 Å². The number of benzene rings is 2. The lowest BCUT2D eigenvalue weighted by Gasteiger charge is -2.38. The maximum Gasteiger partial charge on any atom is 0.255 e. The van der Waals surface area contributed by atoms with Gasteiger partial charge in [-0.2, -0.15) is 0 Å². The molecule has 2 aliphatic carbocycles. The molecule has 1 saturated carbocycles. The molecule has 3 unspecified atom stereocenters. The van der Waals surface area contributed by atoms with Crippen LogP contribution in [-0.2, 0) is 16.0 Å². The summed E-state index contributed by atoms with van der Waals surface area (Å²) in [4.78, 5) is 53.4. The van der Waals surface area contributed by atoms with Crippen molar-refractivity contribution in [1.29, 1.82) is 0 Å². The molecule has 6 rings (SSSR count). The number of aldehydes is 1. The standard InChI is InChI=1S/C38H43N5O5/c1-24-7-15-34(37(47)41-24)42(2)38(48)29-13-10-27(21-26(29)23-44)39-19-17-25-8-11-28(12-9-25)43-22-32(30-14-16-33(30)43)40-20-18-36(46)31-5-3-4-6-35(31)45/h3,5,8-13,18,20-21,23,30,32-34,39-40,46H,1,4,6-7,14-17,19,22H2,2H3,(H,41,47)/b20-18+,36-31-/t30-,32?,33?,34?/m1/s1. The Labute approximate surface area is 281 Å². The van der Waals surface area contributed by atoms with E-state index in [1.54, 1.807) is 43.6 Å². The highest BCUT2D eigenvalue weighted by atomic mass is 16.3. The minimum atomic E-state index is -0.608. The Balaban J connectivity index is 1.00. The lowest BCUT2D eigenvalue weighted by molar-refractivity contribution is -0.125. The number of allylic oxidation sites excluding steroid dienone is 5. The highest BCUT2D eigenvalue weighted by Crippen LogP contribution is 2.43. The summed E-state index contributed by atoms with van der Waals surface area (Å²) in [6, 6.07) is 13.9. The first-order chi connectivity index (χ1) is 23.2. The van der Waals surface area contributed by atoms with Gasteiger partial charge in [0.1, 0.15) is 11.8 Å². The molecule has 0 radical (unpaired) electrons. The predicted molar refractivity (Wildman–Crippen MR) is 186 cm³/mol. The number of ketones is 1. The fraction of sp³-hybridized carbons (Fsp3) is 0.368. The van der Waals surface area contributed by atoms with Gasteiger partial charge >= 0.3 is 0 Å². The van der Waals surface area contributed by atoms with E-state index in [0.717, 1.165) is 37.9 Å². The number of carbonyl (C=O) groups excluding carboxylic acids is 4. The Morgan fingerprint density at radius 1 is 1.12 bits per heavy atom. The van der Waals surface area contributed by atoms with Gasteiger partial charge in [-0.15, -0.1) is 0 Å². The SMILES string of the molecule is C=C1CCC(N(C)C(=O)c2ccc(NCCc3ccc(N4CC(N/C=C/C(O)=C5\C=CCCC5=O)[C@H]5CCC54)cc3)cc2C=O)C(=O)N1. The van der Waals surface area contributed by atoms with E-state index in [1.807, 2.05) is 6.08 Å². The third kappa shape index (κ3) is 6.93. The van der Waals surface area contributed by atoms with Crippen molar-refractivity contribution in [3.63, 3.8) is 0 Å². The zero-order valence-corrected chi connectivity index (χ0v) is 27.3. The number of aliphatic hydroxyl groups excluding tert-OH is 1. The summed E-state index contributed by atoms with van der Waals surface area (Å²) in [5, 5.41) is 19.9. The largest absolute Gasteiger partial charge is 0.507 e. The summed E-state index contributed by atoms with van der Waals surface area (Å²) in [5.74, 6) is -0.116. The molecule has 3 fully saturated rings. The average Bonchev–Trinajstić information content (AvgIpc) is 3.32. The van der Waals surface area contributed by atoms with E-state index in [0.29, 0.717) is 55.3 Å². The van der Waals surface area contributed by atoms with E-state index >= 15 is 0 Å². The molecule has 2 saturated heterocycles. The maximum absolute atomic E-state index is 13.2. The van der Waals surface area contributed by atoms with Gasteiger partial charge in [-0.05, 0) is 80.5 Å². The first kappa shape index (κ1) is 32.8. The molecule has 4 N–H and O–H groups in total. The average molecular weight is 650 g/mol. The van der Waals surface area contributed by atoms with Crippen LogP contribution in [0.4, 0.5) is 11.4 Å². The molecule has 0 bridgehead atoms. The number of nitrogens with one attached hydrogen (secondary N) is 3. The van der Waals surface area contributed by atoms with E-state index in [9.17, 15) is 24.3 Å². The molecule has 10 nitrogen and oxygen atoms in total. The molecule has 2 aromatic rings. The van der Waals surface area contributed by atoms with Crippen molar-refractivity contribution in [2.45, 2.75) is 63.1 Å². The number of hydrogen-bond donors (Lipinski definition) is 4. The van der Waals surface area contributed by atoms with Crippen LogP contribution in [0.3, 0.4) is 0 Å². The first-order valence-corrected chi connectivity index (χ1v) is 16.7. The molecule has 0 spiro atoms. The van der Waals surface area contributed by atoms with Crippen LogP contribution in [0.2, 0.25) is 0 Å². The zero-order valence-electron chi connectivity index (χ0n) is 27.3. The van der Waals surface area contributed by atoms with Crippen molar-refractivity contribution >= 4 is 35.3 Å². The fourth-order valence-electron chi connectivity index (χ4n) is 7.17. The van der Waals surface area contributed by atoms with Gasteiger partial charge < -0.3 is 30.9 Å². The Bertz CT molecular complexity index is 1690. The quantitative estimate of drug-likeness (QED) is 0.155. The van der Waals surface area contributed by atoms with Gasteiger partial charge in [-0.1, -0.05) is 30.9 Å². The van der Waals surface area contributed by atoms with Crippen LogP contribution in [0.15, 0.2) is 90.5 Å². The predicted octanol–water partition coefficient (Wildman–Crippen LogP) is 4.82. The second kappa shape index (κ2) is 14.3. The first-order valence-electron chi connectivity index (χ1n) is 16.7. The number of nitrogens with zero attached hydrogens (tertiary/aromatic N) is 2. The van der Waals surface area contributed by atoms with Crippen LogP contribution in [-0.4, -0.2) is 72.2 Å². The molecule has 2 aliphatic heterocycles. The third-order valence-corrected chi connectivity index (χ3v) is 10.1. The Hall–Kier alpha value is -5.12. The van der Waals surface area contributed by atoms with Crippen LogP contribution in [0, 0.1) is 5.92 Å². The number of carbonyl (C=O) groups is 4. The van der Waals surface area contributed by atoms with E-state index in [-0.39, 0.29) is 40.5 Å². The van der Waals surface area contributed by atoms with Crippen molar-refractivity contribution < 1.29 is 24.3 Å². The molecule has 2 aromatic carbocycles. The fourth-order valence-corrected chi connectivity index (χ4v) is 7.17. The summed E-state index contributed by atoms with van der Waals surface area (Å²) in [6.07, 6.45) is 13.0. The molecular formula is C38H43N5O5. The summed E-state index contributed by atoms with van der Waals surface area (Å²) in [5.41, 5.74) is 4.67. The number of amides is 2. The summed E-state index contributed by atoms with van der Waals surface area (Å²) in [6.45, 7) is 5.30. The van der Waals surface area contributed by atoms with Crippen LogP contribution in [0.25, 0.3) is 0 Å². The smallest absolute Gasteiger partial charge is 0.255 e. The van der Waals surface area contributed by atoms with E-state index in [2.05, 4.69) is 51.7 Å². The molecular weight excluding hydrogens is 606 g/mol. The van der Waals surface area contributed by atoms with Crippen molar-refractivity contribution in [3.8, 4) is 0 Å². The molecule has 2 amide bonds. The highest BCUT2D eigenvalue weighted by Gasteiger charge is 2.47. The number of anilines is 2. The maximum atomic E-state index is 13.2. The van der Waals surface area contributed by atoms with Gasteiger partial charge in [-0.25, -0.2) is 0 Å². The van der Waals surface area contributed by atoms with Gasteiger partial charge in [0.2, 0.25) is 5.91 Å². The summed E-state index contributed by atoms with van der Waals surface area (Å²) < 4.78 is 0. The second-order valence-corrected chi connectivity index (χ2v) is 13.1. The molecule has 2 heterocycles. The number of Topliss-reactive ketones (excluding diaryl/α,β-unsaturated/α-hetero) is 1. The molecule has 4 atom stereocenters. The molecule has 48 heavy (non-hydrogen) atoms. The van der Waals surface area contributed by atoms with Gasteiger partial charge in [0.05, 0.1) is 11.1 Å². The van der Waals surface area contributed by atoms with Gasteiger partial charge in [0, 0.05) is 73.4 Å². The minimum Gasteiger partial charge on any atom is -0.507 e. The number of aliphatic hydroxyl groups is 1. The topological polar surface area (TPSA) is 131 Å². The van der Waals surface area contributed by atoms with Crippen molar-refractivity contribution in [2.75, 3.05) is 30.4 Å². The Morgan fingerprint density at radius 3 is 2.65 bits per heavy atom. The third-order valence-electron chi connectivity index (χ3n) is 10.1. The lowest BCUT2D eigenvalue weighted by atomic mass is 9.78. The number of piperidine rings is 1. The molecule has 10 heteroatoms. The molecule has 250 valence electrons. The zero-order chi connectivity index (χ0) is 33.8. The summed E-state index contributed by atoms with van der Waals surface area (Å²) >= 11 is 0. The summed E-state index contributed by atoms with van der Waals surface area (Å²) in [7, 11) is 1.58. The van der Waals surface area contributed by atoms with Crippen LogP contribution < -0.4 is 20.9 Å². The van der Waals surface area contributed by atoms with Crippen LogP contribution in [0.5, 0.6) is 0 Å². The monoisotopic (exact) mass is 649 g/mol. The van der Waals surface area contributed by atoms with E-state index < -0.39 is 6.04 Å². The van der Waals surface area contributed by atoms with Crippen molar-refractivity contribution in [3.05, 3.63) is 107 Å². The molecule has 4 aliphatic rings. The van der Waals surface area contributed by atoms with Crippen LogP contribution >= 0.6 is 0 Å². The molecule has 0 aromatic heterocycles. The van der Waals surface area contributed by atoms with Gasteiger partial charge in [0.15, 0.2) is 12.1 Å². The number of fused-ring (bicyclic) bond motifs is 1. The normalized spacial score (nSPS) is 24.5. The lowest BCUT2D eigenvalue weighted by Crippen LogP contribution is -2.50. The Kier molecular flexibility index (Phi) is 9.80. The number of hydrogen-bond acceptors (Lipinski definition) is 8.